The van der Waals surface area contributed by atoms with E-state index in [9.17, 15) is 14.7 Å². The van der Waals surface area contributed by atoms with E-state index >= 15 is 0 Å². The predicted octanol–water partition coefficient (Wildman–Crippen LogP) is 7.03. The fraction of sp³-hybridized carbons (Fsp3) is 0.214. The zero-order valence-corrected chi connectivity index (χ0v) is 21.2. The van der Waals surface area contributed by atoms with Crippen LogP contribution in [-0.4, -0.2) is 23.4 Å². The third-order valence-electron chi connectivity index (χ3n) is 5.96. The molecule has 0 aromatic heterocycles. The van der Waals surface area contributed by atoms with Crippen molar-refractivity contribution in [3.05, 3.63) is 98.5 Å². The van der Waals surface area contributed by atoms with Gasteiger partial charge in [0.05, 0.1) is 18.2 Å². The Hall–Kier alpha value is -3.28. The first-order chi connectivity index (χ1) is 16.7. The Morgan fingerprint density at radius 1 is 0.971 bits per heavy atom. The molecule has 1 N–H and O–H groups in total. The van der Waals surface area contributed by atoms with E-state index in [1.807, 2.05) is 45.0 Å². The highest BCUT2D eigenvalue weighted by Crippen LogP contribution is 2.44. The summed E-state index contributed by atoms with van der Waals surface area (Å²) in [6, 6.07) is 16.5. The van der Waals surface area contributed by atoms with Crippen LogP contribution in [0.25, 0.3) is 5.76 Å². The minimum atomic E-state index is -0.859. The van der Waals surface area contributed by atoms with Gasteiger partial charge in [0.25, 0.3) is 11.7 Å². The van der Waals surface area contributed by atoms with Gasteiger partial charge in [0.2, 0.25) is 0 Å². The predicted molar refractivity (Wildman–Crippen MR) is 139 cm³/mol. The van der Waals surface area contributed by atoms with Gasteiger partial charge >= 0.3 is 0 Å². The first-order valence-electron chi connectivity index (χ1n) is 11.3. The molecule has 0 aliphatic carbocycles. The summed E-state index contributed by atoms with van der Waals surface area (Å²) in [5.74, 6) is -1.10. The molecule has 0 radical (unpaired) electrons. The highest BCUT2D eigenvalue weighted by molar-refractivity contribution is 6.52. The molecule has 1 saturated heterocycles. The van der Waals surface area contributed by atoms with Crippen molar-refractivity contribution in [1.82, 2.24) is 0 Å². The first-order valence-corrected chi connectivity index (χ1v) is 12.0. The number of carbonyl (C=O) groups excluding carboxylic acids is 2. The average molecular weight is 510 g/mol. The van der Waals surface area contributed by atoms with Gasteiger partial charge in [-0.2, -0.15) is 0 Å². The summed E-state index contributed by atoms with van der Waals surface area (Å²) >= 11 is 12.4. The standard InChI is InChI=1S/C28H25Cl2NO4/c1-4-11-35-23-10-9-18(12-17(23)3)26(32)24-25(22-8-6-5-7-16(22)2)31(28(34)27(24)33)21-14-19(29)13-20(30)15-21/h5-10,12-15,25,32H,4,11H2,1-3H3/b26-24+. The number of aliphatic hydroxyl groups is 1. The highest BCUT2D eigenvalue weighted by atomic mass is 35.5. The minimum Gasteiger partial charge on any atom is -0.507 e. The molecule has 180 valence electrons. The largest absolute Gasteiger partial charge is 0.507 e. The SMILES string of the molecule is CCCOc1ccc(/C(O)=C2\C(=O)C(=O)N(c3cc(Cl)cc(Cl)c3)C2c2ccccc2C)cc1C. The van der Waals surface area contributed by atoms with Crippen molar-refractivity contribution >= 4 is 46.3 Å². The molecule has 35 heavy (non-hydrogen) atoms. The van der Waals surface area contributed by atoms with Gasteiger partial charge in [-0.05, 0) is 73.4 Å². The number of anilines is 1. The van der Waals surface area contributed by atoms with Gasteiger partial charge in [0.1, 0.15) is 11.5 Å². The van der Waals surface area contributed by atoms with E-state index in [2.05, 4.69) is 0 Å². The number of hydrogen-bond acceptors (Lipinski definition) is 4. The van der Waals surface area contributed by atoms with Crippen LogP contribution in [0.4, 0.5) is 5.69 Å². The van der Waals surface area contributed by atoms with Crippen LogP contribution in [0, 0.1) is 13.8 Å². The van der Waals surface area contributed by atoms with E-state index in [0.29, 0.717) is 39.2 Å². The number of carbonyl (C=O) groups is 2. The Labute approximate surface area is 214 Å². The van der Waals surface area contributed by atoms with Crippen molar-refractivity contribution in [2.45, 2.75) is 33.2 Å². The lowest BCUT2D eigenvalue weighted by atomic mass is 9.92. The zero-order valence-electron chi connectivity index (χ0n) is 19.6. The second kappa shape index (κ2) is 10.1. The maximum absolute atomic E-state index is 13.4. The number of nitrogens with zero attached hydrogens (tertiary/aromatic N) is 1. The van der Waals surface area contributed by atoms with Crippen LogP contribution >= 0.6 is 23.2 Å². The topological polar surface area (TPSA) is 66.8 Å². The van der Waals surface area contributed by atoms with Gasteiger partial charge in [-0.15, -0.1) is 0 Å². The molecule has 3 aromatic rings. The van der Waals surface area contributed by atoms with Crippen LogP contribution < -0.4 is 9.64 Å². The van der Waals surface area contributed by atoms with Gasteiger partial charge in [-0.3, -0.25) is 14.5 Å². The number of hydrogen-bond donors (Lipinski definition) is 1. The molecule has 4 rings (SSSR count). The molecule has 1 atom stereocenters. The van der Waals surface area contributed by atoms with Crippen molar-refractivity contribution in [2.24, 2.45) is 0 Å². The van der Waals surface area contributed by atoms with Crippen LogP contribution in [0.2, 0.25) is 10.0 Å². The molecule has 1 amide bonds. The van der Waals surface area contributed by atoms with E-state index in [1.54, 1.807) is 36.4 Å². The number of ether oxygens (including phenoxy) is 1. The monoisotopic (exact) mass is 509 g/mol. The summed E-state index contributed by atoms with van der Waals surface area (Å²) in [4.78, 5) is 28.0. The van der Waals surface area contributed by atoms with Crippen molar-refractivity contribution in [2.75, 3.05) is 11.5 Å². The van der Waals surface area contributed by atoms with Gasteiger partial charge in [0, 0.05) is 21.3 Å². The number of Topliss-reactive ketones (excluding diaryl/α,β-unsaturated/α-hetero) is 1. The Kier molecular flexibility index (Phi) is 7.20. The summed E-state index contributed by atoms with van der Waals surface area (Å²) < 4.78 is 5.74. The molecule has 0 saturated carbocycles. The number of aryl methyl sites for hydroxylation is 2. The third-order valence-corrected chi connectivity index (χ3v) is 6.40. The highest BCUT2D eigenvalue weighted by Gasteiger charge is 2.47. The fourth-order valence-electron chi connectivity index (χ4n) is 4.29. The number of rotatable bonds is 6. The Balaban J connectivity index is 1.92. The number of amides is 1. The maximum Gasteiger partial charge on any atom is 0.300 e. The van der Waals surface area contributed by atoms with Crippen molar-refractivity contribution in [1.29, 1.82) is 0 Å². The average Bonchev–Trinajstić information content (AvgIpc) is 3.07. The molecule has 3 aromatic carbocycles. The Morgan fingerprint density at radius 2 is 1.66 bits per heavy atom. The Bertz CT molecular complexity index is 1330. The first kappa shape index (κ1) is 24.8. The number of aliphatic hydroxyl groups excluding tert-OH is 1. The normalized spacial score (nSPS) is 17.2. The second-order valence-corrected chi connectivity index (χ2v) is 9.35. The van der Waals surface area contributed by atoms with E-state index in [1.165, 1.54) is 4.90 Å². The number of halogens is 2. The van der Waals surface area contributed by atoms with Crippen molar-refractivity contribution in [3.63, 3.8) is 0 Å². The fourth-order valence-corrected chi connectivity index (χ4v) is 4.81. The molecule has 1 aliphatic rings. The molecule has 7 heteroatoms. The lowest BCUT2D eigenvalue weighted by molar-refractivity contribution is -0.132. The van der Waals surface area contributed by atoms with Gasteiger partial charge in [-0.1, -0.05) is 54.4 Å². The molecular weight excluding hydrogens is 485 g/mol. The molecule has 1 fully saturated rings. The zero-order chi connectivity index (χ0) is 25.3. The second-order valence-electron chi connectivity index (χ2n) is 8.48. The molecule has 5 nitrogen and oxygen atoms in total. The third kappa shape index (κ3) is 4.79. The van der Waals surface area contributed by atoms with E-state index in [-0.39, 0.29) is 11.3 Å². The molecule has 1 unspecified atom stereocenters. The van der Waals surface area contributed by atoms with Gasteiger partial charge < -0.3 is 9.84 Å². The summed E-state index contributed by atoms with van der Waals surface area (Å²) in [6.07, 6.45) is 0.870. The summed E-state index contributed by atoms with van der Waals surface area (Å²) in [7, 11) is 0. The van der Waals surface area contributed by atoms with Crippen molar-refractivity contribution in [3.8, 4) is 5.75 Å². The molecule has 0 spiro atoms. The van der Waals surface area contributed by atoms with Crippen LogP contribution in [0.1, 0.15) is 41.6 Å². The van der Waals surface area contributed by atoms with Crippen LogP contribution in [-0.2, 0) is 9.59 Å². The Morgan fingerprint density at radius 3 is 2.29 bits per heavy atom. The van der Waals surface area contributed by atoms with Gasteiger partial charge in [0.15, 0.2) is 0 Å². The lowest BCUT2D eigenvalue weighted by Gasteiger charge is -2.27. The van der Waals surface area contributed by atoms with Crippen molar-refractivity contribution < 1.29 is 19.4 Å². The van der Waals surface area contributed by atoms with E-state index < -0.39 is 17.7 Å². The lowest BCUT2D eigenvalue weighted by Crippen LogP contribution is -2.29. The summed E-state index contributed by atoms with van der Waals surface area (Å²) in [6.45, 7) is 6.36. The number of benzene rings is 3. The summed E-state index contributed by atoms with van der Waals surface area (Å²) in [5, 5.41) is 12.0. The van der Waals surface area contributed by atoms with Crippen LogP contribution in [0.3, 0.4) is 0 Å². The molecule has 0 bridgehead atoms. The van der Waals surface area contributed by atoms with E-state index in [4.69, 9.17) is 27.9 Å². The quantitative estimate of drug-likeness (QED) is 0.220. The van der Waals surface area contributed by atoms with Crippen LogP contribution in [0.15, 0.2) is 66.2 Å². The van der Waals surface area contributed by atoms with E-state index in [0.717, 1.165) is 17.5 Å². The molecule has 1 aliphatic heterocycles. The maximum atomic E-state index is 13.4. The smallest absolute Gasteiger partial charge is 0.300 e. The summed E-state index contributed by atoms with van der Waals surface area (Å²) in [5.41, 5.74) is 3.18. The molecule has 1 heterocycles. The van der Waals surface area contributed by atoms with Crippen LogP contribution in [0.5, 0.6) is 5.75 Å². The molecular formula is C28H25Cl2NO4. The number of ketones is 1. The van der Waals surface area contributed by atoms with Gasteiger partial charge in [-0.25, -0.2) is 0 Å². The minimum absolute atomic E-state index is 0.00187.